The summed E-state index contributed by atoms with van der Waals surface area (Å²) in [7, 11) is 0. The van der Waals surface area contributed by atoms with Gasteiger partial charge in [-0.2, -0.15) is 5.26 Å². The molecule has 2 aliphatic rings. The topological polar surface area (TPSA) is 99.2 Å². The SMILES string of the molecule is CC(CN(C(=O)[CH]CC1CCCCC1)C1(C#N)CCCNC1)C(N)=O. The molecular formula is C19H31N4O2. The van der Waals surface area contributed by atoms with E-state index in [-0.39, 0.29) is 12.5 Å². The fourth-order valence-electron chi connectivity index (χ4n) is 3.92. The minimum absolute atomic E-state index is 0.135. The predicted octanol–water partition coefficient (Wildman–Crippen LogP) is 1.76. The number of nitriles is 1. The van der Waals surface area contributed by atoms with Crippen LogP contribution in [-0.2, 0) is 9.59 Å². The number of nitrogens with zero attached hydrogens (tertiary/aromatic N) is 2. The van der Waals surface area contributed by atoms with E-state index in [0.717, 1.165) is 19.4 Å². The van der Waals surface area contributed by atoms with Crippen molar-refractivity contribution in [2.75, 3.05) is 19.6 Å². The van der Waals surface area contributed by atoms with Crippen LogP contribution in [0, 0.1) is 29.6 Å². The number of hydrogen-bond acceptors (Lipinski definition) is 4. The Morgan fingerprint density at radius 3 is 2.64 bits per heavy atom. The number of rotatable bonds is 7. The molecular weight excluding hydrogens is 316 g/mol. The third kappa shape index (κ3) is 5.18. The zero-order valence-electron chi connectivity index (χ0n) is 15.3. The van der Waals surface area contributed by atoms with Crippen molar-refractivity contribution in [2.24, 2.45) is 17.6 Å². The fraction of sp³-hybridized carbons (Fsp3) is 0.789. The Morgan fingerprint density at radius 1 is 1.36 bits per heavy atom. The van der Waals surface area contributed by atoms with Crippen LogP contribution in [0.1, 0.15) is 58.3 Å². The minimum atomic E-state index is -0.887. The zero-order chi connectivity index (χ0) is 18.3. The molecule has 0 aromatic carbocycles. The summed E-state index contributed by atoms with van der Waals surface area (Å²) in [5.74, 6) is -0.485. The maximum atomic E-state index is 12.9. The van der Waals surface area contributed by atoms with Gasteiger partial charge in [-0.25, -0.2) is 0 Å². The Morgan fingerprint density at radius 2 is 2.08 bits per heavy atom. The van der Waals surface area contributed by atoms with Crippen LogP contribution in [0.5, 0.6) is 0 Å². The monoisotopic (exact) mass is 347 g/mol. The zero-order valence-corrected chi connectivity index (χ0v) is 15.3. The first-order valence-electron chi connectivity index (χ1n) is 9.54. The molecule has 3 N–H and O–H groups in total. The Bertz CT molecular complexity index is 502. The largest absolute Gasteiger partial charge is 0.369 e. The van der Waals surface area contributed by atoms with Crippen LogP contribution in [0.2, 0.25) is 0 Å². The van der Waals surface area contributed by atoms with Gasteiger partial charge in [-0.1, -0.05) is 39.0 Å². The highest BCUT2D eigenvalue weighted by Gasteiger charge is 2.42. The summed E-state index contributed by atoms with van der Waals surface area (Å²) in [6.07, 6.45) is 10.1. The van der Waals surface area contributed by atoms with Crippen molar-refractivity contribution >= 4 is 11.8 Å². The number of carbonyl (C=O) groups is 2. The van der Waals surface area contributed by atoms with Crippen LogP contribution in [0.25, 0.3) is 0 Å². The molecule has 1 saturated heterocycles. The number of amides is 2. The first-order valence-corrected chi connectivity index (χ1v) is 9.54. The number of primary amides is 1. The van der Waals surface area contributed by atoms with Crippen molar-refractivity contribution < 1.29 is 9.59 Å². The van der Waals surface area contributed by atoms with E-state index < -0.39 is 17.4 Å². The average Bonchev–Trinajstić information content (AvgIpc) is 2.65. The summed E-state index contributed by atoms with van der Waals surface area (Å²) in [6, 6.07) is 2.35. The lowest BCUT2D eigenvalue weighted by atomic mass is 9.85. The van der Waals surface area contributed by atoms with Crippen LogP contribution in [0.3, 0.4) is 0 Å². The van der Waals surface area contributed by atoms with Gasteiger partial charge in [-0.3, -0.25) is 9.59 Å². The fourth-order valence-corrected chi connectivity index (χ4v) is 3.92. The van der Waals surface area contributed by atoms with Gasteiger partial charge in [0.05, 0.1) is 18.4 Å². The van der Waals surface area contributed by atoms with E-state index in [9.17, 15) is 14.9 Å². The maximum Gasteiger partial charge on any atom is 0.227 e. The Kier molecular flexibility index (Phi) is 7.24. The molecule has 1 radical (unpaired) electrons. The summed E-state index contributed by atoms with van der Waals surface area (Å²) in [6.45, 7) is 3.20. The molecule has 0 aromatic rings. The highest BCUT2D eigenvalue weighted by Crippen LogP contribution is 2.29. The number of hydrogen-bond donors (Lipinski definition) is 2. The normalized spacial score (nSPS) is 25.8. The molecule has 2 amide bonds. The Balaban J connectivity index is 2.07. The van der Waals surface area contributed by atoms with Gasteiger partial charge >= 0.3 is 0 Å². The molecule has 1 saturated carbocycles. The molecule has 1 aliphatic carbocycles. The van der Waals surface area contributed by atoms with Crippen molar-refractivity contribution in [1.29, 1.82) is 5.26 Å². The lowest BCUT2D eigenvalue weighted by Crippen LogP contribution is -2.60. The lowest BCUT2D eigenvalue weighted by Gasteiger charge is -2.42. The third-order valence-electron chi connectivity index (χ3n) is 5.64. The standard InChI is InChI=1S/C19H31N4O2/c1-15(18(21)25)12-23(19(13-20)10-5-11-22-14-19)17(24)9-8-16-6-3-2-4-7-16/h9,15-16,22H,2-8,10-12,14H2,1H3,(H2,21,25). The van der Waals surface area contributed by atoms with E-state index in [1.54, 1.807) is 18.2 Å². The Labute approximate surface area is 151 Å². The van der Waals surface area contributed by atoms with E-state index in [4.69, 9.17) is 5.73 Å². The van der Waals surface area contributed by atoms with E-state index in [2.05, 4.69) is 11.4 Å². The molecule has 1 heterocycles. The van der Waals surface area contributed by atoms with Crippen LogP contribution in [0.4, 0.5) is 0 Å². The molecule has 139 valence electrons. The molecule has 6 nitrogen and oxygen atoms in total. The van der Waals surface area contributed by atoms with E-state index in [1.165, 1.54) is 32.1 Å². The van der Waals surface area contributed by atoms with Gasteiger partial charge < -0.3 is 16.0 Å². The number of nitrogens with two attached hydrogens (primary N) is 1. The molecule has 0 spiro atoms. The summed E-state index contributed by atoms with van der Waals surface area (Å²) in [4.78, 5) is 26.1. The summed E-state index contributed by atoms with van der Waals surface area (Å²) < 4.78 is 0. The molecule has 2 unspecified atom stereocenters. The van der Waals surface area contributed by atoms with Crippen LogP contribution in [-0.4, -0.2) is 41.9 Å². The van der Waals surface area contributed by atoms with Crippen molar-refractivity contribution in [3.63, 3.8) is 0 Å². The number of carbonyl (C=O) groups excluding carboxylic acids is 2. The third-order valence-corrected chi connectivity index (χ3v) is 5.64. The summed E-state index contributed by atoms with van der Waals surface area (Å²) in [5, 5.41) is 13.0. The van der Waals surface area contributed by atoms with Crippen LogP contribution in [0.15, 0.2) is 0 Å². The minimum Gasteiger partial charge on any atom is -0.369 e. The second-order valence-electron chi connectivity index (χ2n) is 7.62. The van der Waals surface area contributed by atoms with E-state index in [0.29, 0.717) is 18.9 Å². The number of piperidine rings is 1. The molecule has 1 aliphatic heterocycles. The molecule has 25 heavy (non-hydrogen) atoms. The van der Waals surface area contributed by atoms with E-state index in [1.807, 2.05) is 0 Å². The number of nitrogens with one attached hydrogen (secondary N) is 1. The van der Waals surface area contributed by atoms with Gasteiger partial charge in [0, 0.05) is 13.1 Å². The van der Waals surface area contributed by atoms with Gasteiger partial charge in [0.15, 0.2) is 0 Å². The highest BCUT2D eigenvalue weighted by atomic mass is 16.2. The van der Waals surface area contributed by atoms with E-state index >= 15 is 0 Å². The van der Waals surface area contributed by atoms with Crippen molar-refractivity contribution in [3.8, 4) is 6.07 Å². The summed E-state index contributed by atoms with van der Waals surface area (Å²) in [5.41, 5.74) is 4.52. The molecule has 0 bridgehead atoms. The molecule has 2 atom stereocenters. The van der Waals surface area contributed by atoms with Gasteiger partial charge in [-0.15, -0.1) is 0 Å². The van der Waals surface area contributed by atoms with Gasteiger partial charge in [0.2, 0.25) is 11.8 Å². The molecule has 2 fully saturated rings. The first kappa shape index (κ1) is 19.7. The lowest BCUT2D eigenvalue weighted by molar-refractivity contribution is -0.135. The smallest absolute Gasteiger partial charge is 0.227 e. The van der Waals surface area contributed by atoms with Crippen LogP contribution >= 0.6 is 0 Å². The Hall–Kier alpha value is -1.61. The second-order valence-corrected chi connectivity index (χ2v) is 7.62. The van der Waals surface area contributed by atoms with Gasteiger partial charge in [0.25, 0.3) is 0 Å². The maximum absolute atomic E-state index is 12.9. The molecule has 6 heteroatoms. The summed E-state index contributed by atoms with van der Waals surface area (Å²) >= 11 is 0. The molecule has 2 rings (SSSR count). The van der Waals surface area contributed by atoms with Gasteiger partial charge in [-0.05, 0) is 31.7 Å². The predicted molar refractivity (Wildman–Crippen MR) is 96.0 cm³/mol. The second kappa shape index (κ2) is 9.19. The quantitative estimate of drug-likeness (QED) is 0.733. The van der Waals surface area contributed by atoms with Crippen molar-refractivity contribution in [2.45, 2.75) is 63.8 Å². The highest BCUT2D eigenvalue weighted by molar-refractivity contribution is 5.86. The van der Waals surface area contributed by atoms with Crippen molar-refractivity contribution in [3.05, 3.63) is 6.42 Å². The van der Waals surface area contributed by atoms with Gasteiger partial charge in [0.1, 0.15) is 5.54 Å². The average molecular weight is 347 g/mol. The first-order chi connectivity index (χ1) is 12.0. The molecule has 0 aromatic heterocycles. The van der Waals surface area contributed by atoms with Crippen LogP contribution < -0.4 is 11.1 Å². The van der Waals surface area contributed by atoms with Crippen molar-refractivity contribution in [1.82, 2.24) is 10.2 Å².